The van der Waals surface area contributed by atoms with Gasteiger partial charge in [-0.05, 0) is 61.2 Å². The van der Waals surface area contributed by atoms with Gasteiger partial charge in [-0.25, -0.2) is 8.78 Å². The lowest BCUT2D eigenvalue weighted by atomic mass is 9.43. The maximum absolute atomic E-state index is 17.2. The van der Waals surface area contributed by atoms with E-state index in [2.05, 4.69) is 5.32 Å². The number of alkyl halides is 2. The normalized spacial score (nSPS) is 52.4. The van der Waals surface area contributed by atoms with Gasteiger partial charge in [-0.3, -0.25) is 14.4 Å². The van der Waals surface area contributed by atoms with Crippen molar-refractivity contribution in [2.45, 2.75) is 57.1 Å². The summed E-state index contributed by atoms with van der Waals surface area (Å²) in [7, 11) is 0. The number of carboxylic acids is 1. The lowest BCUT2D eigenvalue weighted by Gasteiger charge is -2.63. The van der Waals surface area contributed by atoms with Crippen LogP contribution in [0.2, 0.25) is 0 Å². The van der Waals surface area contributed by atoms with E-state index in [-0.39, 0.29) is 31.4 Å². The molecule has 33 heavy (non-hydrogen) atoms. The van der Waals surface area contributed by atoms with Crippen molar-refractivity contribution in [2.24, 2.45) is 34.0 Å². The second-order valence-corrected chi connectivity index (χ2v) is 11.0. The number of fused-ring (bicyclic) bond motifs is 7. The van der Waals surface area contributed by atoms with E-state index in [1.54, 1.807) is 6.92 Å². The topological polar surface area (TPSA) is 124 Å². The molecule has 0 aromatic carbocycles. The van der Waals surface area contributed by atoms with Crippen LogP contribution in [0.1, 0.15) is 33.1 Å². The highest BCUT2D eigenvalue weighted by atomic mass is 19.1. The Morgan fingerprint density at radius 2 is 1.91 bits per heavy atom. The second-order valence-electron chi connectivity index (χ2n) is 11.0. The molecule has 4 N–H and O–H groups in total. The largest absolute Gasteiger partial charge is 0.480 e. The Balaban J connectivity index is 1.67. The first-order valence-corrected chi connectivity index (χ1v) is 11.4. The van der Waals surface area contributed by atoms with Gasteiger partial charge >= 0.3 is 5.97 Å². The fraction of sp³-hybridized carbons (Fsp3) is 0.708. The van der Waals surface area contributed by atoms with Gasteiger partial charge in [-0.1, -0.05) is 13.0 Å². The van der Waals surface area contributed by atoms with Gasteiger partial charge < -0.3 is 20.6 Å². The molecule has 7 nitrogen and oxygen atoms in total. The molecule has 9 heteroatoms. The van der Waals surface area contributed by atoms with Gasteiger partial charge in [0.1, 0.15) is 18.8 Å². The van der Waals surface area contributed by atoms with Gasteiger partial charge in [-0.15, -0.1) is 0 Å². The molecule has 0 radical (unpaired) electrons. The predicted molar refractivity (Wildman–Crippen MR) is 111 cm³/mol. The maximum atomic E-state index is 17.2. The van der Waals surface area contributed by atoms with Gasteiger partial charge in [0.2, 0.25) is 0 Å². The Kier molecular flexibility index (Phi) is 4.70. The van der Waals surface area contributed by atoms with E-state index < -0.39 is 82.1 Å². The first-order valence-electron chi connectivity index (χ1n) is 11.4. The van der Waals surface area contributed by atoms with Crippen LogP contribution in [-0.4, -0.2) is 70.0 Å². The van der Waals surface area contributed by atoms with Crippen molar-refractivity contribution in [2.75, 3.05) is 13.2 Å². The summed E-state index contributed by atoms with van der Waals surface area (Å²) in [6, 6.07) is -1.06. The molecule has 3 saturated carbocycles. The fourth-order valence-corrected chi connectivity index (χ4v) is 8.59. The molecule has 180 valence electrons. The van der Waals surface area contributed by atoms with Crippen LogP contribution in [0.15, 0.2) is 23.8 Å². The van der Waals surface area contributed by atoms with Crippen LogP contribution >= 0.6 is 0 Å². The summed E-state index contributed by atoms with van der Waals surface area (Å²) in [4.78, 5) is 37.1. The number of nitrogens with one attached hydrogen (secondary N) is 1. The number of hydrogen-bond donors (Lipinski definition) is 4. The standard InChI is InChI=1S/C24H29F2NO6/c1-21-4-3-11(29)5-14(21)16(25)7-13-12-6-15-19(20(32)33)27-10-23(15,18(31)9-28)22(12,2)8-17(30)24(13,21)26/h3-5,12-13,15-17,19,27-28,30H,6-10H2,1-2H3,(H,32,33)/t12-,13-,15-,16-,17-,19?,21-,22-,23+,24-/m0/s1. The molecular weight excluding hydrogens is 436 g/mol. The molecule has 1 aliphatic heterocycles. The lowest BCUT2D eigenvalue weighted by molar-refractivity contribution is -0.211. The number of allylic oxidation sites excluding steroid dienone is 4. The number of halogens is 2. The number of carbonyl (C=O) groups excluding carboxylic acids is 2. The van der Waals surface area contributed by atoms with E-state index in [1.807, 2.05) is 0 Å². The lowest BCUT2D eigenvalue weighted by Crippen LogP contribution is -2.69. The van der Waals surface area contributed by atoms with Crippen LogP contribution in [0.25, 0.3) is 0 Å². The average Bonchev–Trinajstić information content (AvgIpc) is 3.26. The number of aliphatic hydroxyl groups excluding tert-OH is 2. The van der Waals surface area contributed by atoms with Gasteiger partial charge in [0.05, 0.1) is 11.5 Å². The Morgan fingerprint density at radius 1 is 1.21 bits per heavy atom. The first-order chi connectivity index (χ1) is 15.4. The number of rotatable bonds is 3. The number of carbonyl (C=O) groups is 3. The molecule has 0 amide bonds. The molecule has 0 aromatic heterocycles. The van der Waals surface area contributed by atoms with E-state index in [9.17, 15) is 29.7 Å². The molecule has 10 atom stereocenters. The van der Waals surface area contributed by atoms with E-state index in [4.69, 9.17) is 0 Å². The molecule has 5 rings (SSSR count). The molecule has 0 aromatic rings. The molecule has 1 unspecified atom stereocenters. The third-order valence-corrected chi connectivity index (χ3v) is 10.1. The number of Topliss-reactive ketones (excluding diaryl/α,β-unsaturated/α-hetero) is 1. The van der Waals surface area contributed by atoms with Crippen molar-refractivity contribution in [3.05, 3.63) is 23.8 Å². The Bertz CT molecular complexity index is 1010. The van der Waals surface area contributed by atoms with Crippen molar-refractivity contribution >= 4 is 17.5 Å². The van der Waals surface area contributed by atoms with Crippen LogP contribution in [0, 0.1) is 34.0 Å². The zero-order chi connectivity index (χ0) is 24.1. The summed E-state index contributed by atoms with van der Waals surface area (Å²) in [5.74, 6) is -4.40. The summed E-state index contributed by atoms with van der Waals surface area (Å²) in [6.07, 6.45) is 0.249. The van der Waals surface area contributed by atoms with E-state index >= 15 is 8.78 Å². The molecule has 5 aliphatic rings. The van der Waals surface area contributed by atoms with E-state index in [0.717, 1.165) is 6.08 Å². The third-order valence-electron chi connectivity index (χ3n) is 10.1. The van der Waals surface area contributed by atoms with Crippen molar-refractivity contribution in [1.29, 1.82) is 0 Å². The summed E-state index contributed by atoms with van der Waals surface area (Å²) in [6.45, 7) is 2.45. The number of carboxylic acid groups (broad SMARTS) is 1. The zero-order valence-corrected chi connectivity index (χ0v) is 18.6. The van der Waals surface area contributed by atoms with Crippen molar-refractivity contribution in [1.82, 2.24) is 5.32 Å². The SMILES string of the molecule is C[C@]12C=CC(=O)C=C1[C@@H](F)C[C@H]1[C@@H]3C[C@H]4C(C(=O)O)NC[C@@]4(C(=O)CO)[C@@]3(C)C[C@H](O)[C@@]12F. The predicted octanol–water partition coefficient (Wildman–Crippen LogP) is 1.14. The maximum Gasteiger partial charge on any atom is 0.321 e. The smallest absolute Gasteiger partial charge is 0.321 e. The minimum Gasteiger partial charge on any atom is -0.480 e. The van der Waals surface area contributed by atoms with Crippen LogP contribution in [-0.2, 0) is 14.4 Å². The van der Waals surface area contributed by atoms with Crippen LogP contribution in [0.4, 0.5) is 8.78 Å². The van der Waals surface area contributed by atoms with Gasteiger partial charge in [-0.2, -0.15) is 0 Å². The van der Waals surface area contributed by atoms with Crippen LogP contribution in [0.5, 0.6) is 0 Å². The molecule has 0 bridgehead atoms. The summed E-state index contributed by atoms with van der Waals surface area (Å²) in [5.41, 5.74) is -6.17. The molecule has 0 spiro atoms. The molecule has 4 aliphatic carbocycles. The Morgan fingerprint density at radius 3 is 2.55 bits per heavy atom. The summed E-state index contributed by atoms with van der Waals surface area (Å²) < 4.78 is 32.7. The van der Waals surface area contributed by atoms with Gasteiger partial charge in [0.25, 0.3) is 0 Å². The molecule has 4 fully saturated rings. The van der Waals surface area contributed by atoms with E-state index in [1.165, 1.54) is 19.1 Å². The third kappa shape index (κ3) is 2.41. The molecule has 1 saturated heterocycles. The van der Waals surface area contributed by atoms with Gasteiger partial charge in [0, 0.05) is 17.9 Å². The summed E-state index contributed by atoms with van der Waals surface area (Å²) >= 11 is 0. The quantitative estimate of drug-likeness (QED) is 0.493. The minimum absolute atomic E-state index is 0.00433. The van der Waals surface area contributed by atoms with Crippen molar-refractivity contribution in [3.63, 3.8) is 0 Å². The van der Waals surface area contributed by atoms with E-state index in [0.29, 0.717) is 0 Å². The Labute approximate surface area is 189 Å². The number of aliphatic carboxylic acids is 1. The van der Waals surface area contributed by atoms with Crippen LogP contribution < -0.4 is 5.32 Å². The average molecular weight is 465 g/mol. The number of ketones is 2. The Hall–Kier alpha value is -1.97. The van der Waals surface area contributed by atoms with Crippen LogP contribution in [0.3, 0.4) is 0 Å². The minimum atomic E-state index is -2.29. The monoisotopic (exact) mass is 465 g/mol. The van der Waals surface area contributed by atoms with Crippen molar-refractivity contribution in [3.8, 4) is 0 Å². The highest BCUT2D eigenvalue weighted by molar-refractivity contribution is 6.01. The molecular formula is C24H29F2NO6. The number of hydrogen-bond acceptors (Lipinski definition) is 6. The summed E-state index contributed by atoms with van der Waals surface area (Å²) in [5, 5.41) is 33.8. The first kappa shape index (κ1) is 22.8. The van der Waals surface area contributed by atoms with Crippen molar-refractivity contribution < 1.29 is 38.5 Å². The second kappa shape index (κ2) is 6.79. The zero-order valence-electron chi connectivity index (χ0n) is 18.6. The van der Waals surface area contributed by atoms with Gasteiger partial charge in [0.15, 0.2) is 17.2 Å². The number of aliphatic hydroxyl groups is 2. The molecule has 1 heterocycles. The highest BCUT2D eigenvalue weighted by Gasteiger charge is 2.79. The highest BCUT2D eigenvalue weighted by Crippen LogP contribution is 2.74. The fourth-order valence-electron chi connectivity index (χ4n) is 8.59.